The van der Waals surface area contributed by atoms with Gasteiger partial charge in [0.25, 0.3) is 5.91 Å². The molecule has 1 amide bonds. The zero-order valence-corrected chi connectivity index (χ0v) is 14.5. The number of thiophene rings is 1. The average molecular weight is 339 g/mol. The lowest BCUT2D eigenvalue weighted by Crippen LogP contribution is -2.32. The minimum absolute atomic E-state index is 0. The number of carbonyl (C=O) groups is 1. The van der Waals surface area contributed by atoms with Crippen LogP contribution in [0, 0.1) is 5.92 Å². The van der Waals surface area contributed by atoms with Gasteiger partial charge >= 0.3 is 0 Å². The molecule has 22 heavy (non-hydrogen) atoms. The van der Waals surface area contributed by atoms with Gasteiger partial charge in [0, 0.05) is 16.1 Å². The summed E-state index contributed by atoms with van der Waals surface area (Å²) in [7, 11) is 0. The molecule has 0 saturated carbocycles. The normalized spacial score (nSPS) is 11.8. The van der Waals surface area contributed by atoms with Gasteiger partial charge in [-0.2, -0.15) is 0 Å². The Morgan fingerprint density at radius 3 is 2.32 bits per heavy atom. The van der Waals surface area contributed by atoms with Crippen LogP contribution >= 0.6 is 23.7 Å². The van der Waals surface area contributed by atoms with E-state index in [2.05, 4.69) is 30.6 Å². The lowest BCUT2D eigenvalue weighted by molar-refractivity contribution is 0.0920. The second-order valence-corrected chi connectivity index (χ2v) is 6.14. The first-order valence-corrected chi connectivity index (χ1v) is 8.23. The van der Waals surface area contributed by atoms with Crippen LogP contribution in [0.4, 0.5) is 5.69 Å². The summed E-state index contributed by atoms with van der Waals surface area (Å²) in [5.74, 6) is 0.404. The van der Waals surface area contributed by atoms with E-state index in [1.54, 1.807) is 35.6 Å². The monoisotopic (exact) mass is 338 g/mol. The fraction of sp³-hybridized carbons (Fsp3) is 0.353. The zero-order chi connectivity index (χ0) is 15.2. The Morgan fingerprint density at radius 1 is 1.18 bits per heavy atom. The largest absolute Gasteiger partial charge is 0.399 e. The minimum Gasteiger partial charge on any atom is -0.399 e. The molecule has 5 heteroatoms. The highest BCUT2D eigenvalue weighted by atomic mass is 35.5. The third-order valence-corrected chi connectivity index (χ3v) is 4.78. The van der Waals surface area contributed by atoms with Crippen LogP contribution in [0.2, 0.25) is 0 Å². The molecular formula is C17H23ClN2OS. The van der Waals surface area contributed by atoms with Crippen molar-refractivity contribution in [3.8, 4) is 0 Å². The molecule has 2 aromatic rings. The average Bonchev–Trinajstić information content (AvgIpc) is 3.02. The maximum absolute atomic E-state index is 12.5. The summed E-state index contributed by atoms with van der Waals surface area (Å²) < 4.78 is 0. The fourth-order valence-corrected chi connectivity index (χ4v) is 3.38. The Bertz CT molecular complexity index is 565. The van der Waals surface area contributed by atoms with E-state index >= 15 is 0 Å². The van der Waals surface area contributed by atoms with Gasteiger partial charge in [0.05, 0.1) is 6.04 Å². The van der Waals surface area contributed by atoms with Gasteiger partial charge in [0.1, 0.15) is 0 Å². The number of nitrogen functional groups attached to an aromatic ring is 1. The molecule has 3 nitrogen and oxygen atoms in total. The van der Waals surface area contributed by atoms with Crippen LogP contribution in [0.1, 0.15) is 48.0 Å². The van der Waals surface area contributed by atoms with Gasteiger partial charge in [-0.05, 0) is 41.6 Å². The van der Waals surface area contributed by atoms with Crippen molar-refractivity contribution in [2.75, 3.05) is 5.73 Å². The van der Waals surface area contributed by atoms with E-state index < -0.39 is 0 Å². The van der Waals surface area contributed by atoms with E-state index in [1.807, 2.05) is 6.07 Å². The summed E-state index contributed by atoms with van der Waals surface area (Å²) in [6.45, 7) is 4.34. The van der Waals surface area contributed by atoms with Gasteiger partial charge in [-0.25, -0.2) is 0 Å². The van der Waals surface area contributed by atoms with Crippen molar-refractivity contribution >= 4 is 35.3 Å². The van der Waals surface area contributed by atoms with Crippen molar-refractivity contribution in [1.82, 2.24) is 5.32 Å². The minimum atomic E-state index is -0.0414. The number of rotatable bonds is 6. The molecule has 2 rings (SSSR count). The molecule has 3 N–H and O–H groups in total. The molecule has 1 unspecified atom stereocenters. The van der Waals surface area contributed by atoms with Crippen LogP contribution in [0.3, 0.4) is 0 Å². The fourth-order valence-electron chi connectivity index (χ4n) is 2.51. The summed E-state index contributed by atoms with van der Waals surface area (Å²) in [5, 5.41) is 5.24. The highest BCUT2D eigenvalue weighted by molar-refractivity contribution is 7.10. The second-order valence-electron chi connectivity index (χ2n) is 5.17. The molecule has 1 atom stereocenters. The number of carbonyl (C=O) groups excluding carboxylic acids is 1. The van der Waals surface area contributed by atoms with Gasteiger partial charge in [0.15, 0.2) is 0 Å². The second kappa shape index (κ2) is 8.81. The number of nitrogens with two attached hydrogens (primary N) is 1. The van der Waals surface area contributed by atoms with Crippen molar-refractivity contribution in [1.29, 1.82) is 0 Å². The Kier molecular flexibility index (Phi) is 7.42. The maximum Gasteiger partial charge on any atom is 0.251 e. The maximum atomic E-state index is 12.5. The van der Waals surface area contributed by atoms with Crippen LogP contribution < -0.4 is 11.1 Å². The number of anilines is 1. The summed E-state index contributed by atoms with van der Waals surface area (Å²) in [6.07, 6.45) is 2.09. The predicted octanol–water partition coefficient (Wildman–Crippen LogP) is 4.66. The van der Waals surface area contributed by atoms with Crippen molar-refractivity contribution in [3.63, 3.8) is 0 Å². The lowest BCUT2D eigenvalue weighted by Gasteiger charge is -2.25. The summed E-state index contributed by atoms with van der Waals surface area (Å²) >= 11 is 1.70. The molecule has 0 fully saturated rings. The summed E-state index contributed by atoms with van der Waals surface area (Å²) in [4.78, 5) is 13.7. The van der Waals surface area contributed by atoms with Crippen molar-refractivity contribution in [2.45, 2.75) is 32.7 Å². The van der Waals surface area contributed by atoms with Gasteiger partial charge in [-0.15, -0.1) is 23.7 Å². The van der Waals surface area contributed by atoms with E-state index in [1.165, 1.54) is 4.88 Å². The highest BCUT2D eigenvalue weighted by Gasteiger charge is 2.23. The van der Waals surface area contributed by atoms with E-state index in [0.29, 0.717) is 17.2 Å². The number of amides is 1. The third-order valence-electron chi connectivity index (χ3n) is 3.83. The first kappa shape index (κ1) is 18.5. The first-order chi connectivity index (χ1) is 10.2. The number of hydrogen-bond donors (Lipinski definition) is 2. The zero-order valence-electron chi connectivity index (χ0n) is 12.9. The van der Waals surface area contributed by atoms with Gasteiger partial charge < -0.3 is 11.1 Å². The van der Waals surface area contributed by atoms with Crippen molar-refractivity contribution in [3.05, 3.63) is 52.2 Å². The van der Waals surface area contributed by atoms with Crippen molar-refractivity contribution in [2.24, 2.45) is 5.92 Å². The van der Waals surface area contributed by atoms with Gasteiger partial charge in [-0.3, -0.25) is 4.79 Å². The van der Waals surface area contributed by atoms with E-state index in [0.717, 1.165) is 12.8 Å². The Balaban J connectivity index is 0.00000242. The molecule has 0 spiro atoms. The van der Waals surface area contributed by atoms with E-state index in [9.17, 15) is 4.79 Å². The standard InChI is InChI=1S/C17H22N2OS.ClH/c1-3-12(4-2)16(15-6-5-11-21-15)19-17(20)13-7-9-14(18)10-8-13;/h5-12,16H,3-4,18H2,1-2H3,(H,19,20);1H. The third kappa shape index (κ3) is 4.49. The SMILES string of the molecule is CCC(CC)C(NC(=O)c1ccc(N)cc1)c1cccs1.Cl. The quantitative estimate of drug-likeness (QED) is 0.752. The molecule has 1 heterocycles. The van der Waals surface area contributed by atoms with E-state index in [4.69, 9.17) is 5.73 Å². The van der Waals surface area contributed by atoms with Crippen LogP contribution in [0.15, 0.2) is 41.8 Å². The highest BCUT2D eigenvalue weighted by Crippen LogP contribution is 2.30. The molecule has 120 valence electrons. The van der Waals surface area contributed by atoms with E-state index in [-0.39, 0.29) is 24.4 Å². The van der Waals surface area contributed by atoms with Crippen molar-refractivity contribution < 1.29 is 4.79 Å². The number of benzene rings is 1. The smallest absolute Gasteiger partial charge is 0.251 e. The molecular weight excluding hydrogens is 316 g/mol. The Labute approximate surface area is 142 Å². The number of nitrogens with one attached hydrogen (secondary N) is 1. The molecule has 0 saturated heterocycles. The molecule has 0 radical (unpaired) electrons. The molecule has 0 aliphatic rings. The summed E-state index contributed by atoms with van der Waals surface area (Å²) in [5.41, 5.74) is 6.98. The lowest BCUT2D eigenvalue weighted by atomic mass is 9.92. The van der Waals surface area contributed by atoms with Crippen LogP contribution in [0.25, 0.3) is 0 Å². The predicted molar refractivity (Wildman–Crippen MR) is 96.7 cm³/mol. The number of hydrogen-bond acceptors (Lipinski definition) is 3. The first-order valence-electron chi connectivity index (χ1n) is 7.35. The summed E-state index contributed by atoms with van der Waals surface area (Å²) in [6, 6.07) is 11.2. The van der Waals surface area contributed by atoms with Gasteiger partial charge in [-0.1, -0.05) is 32.8 Å². The molecule has 0 aliphatic heterocycles. The molecule has 0 bridgehead atoms. The molecule has 1 aromatic carbocycles. The van der Waals surface area contributed by atoms with Crippen LogP contribution in [-0.2, 0) is 0 Å². The van der Waals surface area contributed by atoms with Gasteiger partial charge in [0.2, 0.25) is 0 Å². The topological polar surface area (TPSA) is 55.1 Å². The number of halogens is 1. The molecule has 1 aromatic heterocycles. The van der Waals surface area contributed by atoms with Crippen LogP contribution in [-0.4, -0.2) is 5.91 Å². The molecule has 0 aliphatic carbocycles. The van der Waals surface area contributed by atoms with Crippen LogP contribution in [0.5, 0.6) is 0 Å². The Morgan fingerprint density at radius 2 is 1.82 bits per heavy atom. The Hall–Kier alpha value is -1.52.